The summed E-state index contributed by atoms with van der Waals surface area (Å²) in [4.78, 5) is 7.67. The maximum atomic E-state index is 13.6. The molecule has 2 aromatic rings. The van der Waals surface area contributed by atoms with Crippen molar-refractivity contribution < 1.29 is 9.13 Å². The fraction of sp³-hybridized carbons (Fsp3) is 0.167. The Kier molecular flexibility index (Phi) is 4.01. The monoisotopic (exact) mass is 282 g/mol. The van der Waals surface area contributed by atoms with Gasteiger partial charge in [0.05, 0.1) is 6.61 Å². The summed E-state index contributed by atoms with van der Waals surface area (Å²) in [7, 11) is 0. The molecule has 1 aromatic heterocycles. The van der Waals surface area contributed by atoms with Crippen molar-refractivity contribution in [2.24, 2.45) is 0 Å². The summed E-state index contributed by atoms with van der Waals surface area (Å²) in [6, 6.07) is 6.00. The van der Waals surface area contributed by atoms with Crippen LogP contribution in [0.2, 0.25) is 5.15 Å². The molecule has 0 atom stereocenters. The molecule has 5 nitrogen and oxygen atoms in total. The Morgan fingerprint density at radius 1 is 1.37 bits per heavy atom. The van der Waals surface area contributed by atoms with Gasteiger partial charge in [0.2, 0.25) is 5.95 Å². The van der Waals surface area contributed by atoms with Crippen molar-refractivity contribution in [2.45, 2.75) is 6.92 Å². The van der Waals surface area contributed by atoms with Gasteiger partial charge in [0.15, 0.2) is 11.6 Å². The van der Waals surface area contributed by atoms with Crippen LogP contribution in [-0.4, -0.2) is 16.6 Å². The predicted octanol–water partition coefficient (Wildman–Crippen LogP) is 2.99. The lowest BCUT2D eigenvalue weighted by molar-refractivity contribution is 0.321. The highest BCUT2D eigenvalue weighted by atomic mass is 35.5. The highest BCUT2D eigenvalue weighted by Gasteiger charge is 2.06. The molecule has 0 bridgehead atoms. The summed E-state index contributed by atoms with van der Waals surface area (Å²) in [6.07, 6.45) is 0. The van der Waals surface area contributed by atoms with Crippen molar-refractivity contribution in [1.29, 1.82) is 0 Å². The van der Waals surface area contributed by atoms with Gasteiger partial charge in [-0.25, -0.2) is 9.37 Å². The minimum absolute atomic E-state index is 0.0430. The zero-order valence-corrected chi connectivity index (χ0v) is 10.9. The normalized spacial score (nSPS) is 10.3. The first-order chi connectivity index (χ1) is 9.08. The van der Waals surface area contributed by atoms with E-state index in [9.17, 15) is 4.39 Å². The average Bonchev–Trinajstić information content (AvgIpc) is 2.31. The Hall–Kier alpha value is -2.08. The van der Waals surface area contributed by atoms with Crippen LogP contribution in [0.15, 0.2) is 24.3 Å². The molecule has 0 radical (unpaired) electrons. The summed E-state index contributed by atoms with van der Waals surface area (Å²) >= 11 is 5.75. The minimum Gasteiger partial charge on any atom is -0.491 e. The lowest BCUT2D eigenvalue weighted by Crippen LogP contribution is -2.01. The molecule has 19 heavy (non-hydrogen) atoms. The number of nitrogens with two attached hydrogens (primary N) is 1. The number of hydrogen-bond donors (Lipinski definition) is 2. The zero-order chi connectivity index (χ0) is 13.8. The maximum absolute atomic E-state index is 13.6. The molecular weight excluding hydrogens is 271 g/mol. The van der Waals surface area contributed by atoms with E-state index in [2.05, 4.69) is 15.3 Å². The number of nitrogen functional groups attached to an aromatic ring is 1. The number of benzene rings is 1. The molecule has 7 heteroatoms. The van der Waals surface area contributed by atoms with Gasteiger partial charge < -0.3 is 15.8 Å². The van der Waals surface area contributed by atoms with Gasteiger partial charge in [-0.1, -0.05) is 11.6 Å². The van der Waals surface area contributed by atoms with Crippen LogP contribution in [-0.2, 0) is 0 Å². The number of rotatable bonds is 4. The molecule has 3 N–H and O–H groups in total. The maximum Gasteiger partial charge on any atom is 0.223 e. The van der Waals surface area contributed by atoms with Crippen molar-refractivity contribution >= 4 is 29.1 Å². The Labute approximate surface area is 114 Å². The van der Waals surface area contributed by atoms with Crippen LogP contribution >= 0.6 is 11.6 Å². The number of aromatic nitrogens is 2. The molecule has 0 amide bonds. The zero-order valence-electron chi connectivity index (χ0n) is 10.2. The molecule has 0 fully saturated rings. The third kappa shape index (κ3) is 3.45. The summed E-state index contributed by atoms with van der Waals surface area (Å²) in [5.74, 6) is 0.177. The molecule has 1 aromatic carbocycles. The lowest BCUT2D eigenvalue weighted by Gasteiger charge is -2.09. The van der Waals surface area contributed by atoms with E-state index in [0.29, 0.717) is 18.1 Å². The smallest absolute Gasteiger partial charge is 0.223 e. The molecule has 1 heterocycles. The van der Waals surface area contributed by atoms with E-state index >= 15 is 0 Å². The van der Waals surface area contributed by atoms with E-state index in [4.69, 9.17) is 22.1 Å². The first-order valence-electron chi connectivity index (χ1n) is 5.58. The van der Waals surface area contributed by atoms with Crippen LogP contribution in [0.1, 0.15) is 6.92 Å². The van der Waals surface area contributed by atoms with Gasteiger partial charge in [0.25, 0.3) is 0 Å². The van der Waals surface area contributed by atoms with E-state index in [0.717, 1.165) is 0 Å². The summed E-state index contributed by atoms with van der Waals surface area (Å²) in [6.45, 7) is 2.19. The molecule has 100 valence electrons. The van der Waals surface area contributed by atoms with Crippen LogP contribution in [0, 0.1) is 5.82 Å². The van der Waals surface area contributed by atoms with Gasteiger partial charge in [0.1, 0.15) is 11.0 Å². The quantitative estimate of drug-likeness (QED) is 0.844. The van der Waals surface area contributed by atoms with E-state index in [1.807, 2.05) is 0 Å². The Morgan fingerprint density at radius 3 is 2.79 bits per heavy atom. The molecule has 0 spiro atoms. The third-order valence-electron chi connectivity index (χ3n) is 2.22. The van der Waals surface area contributed by atoms with Crippen molar-refractivity contribution in [1.82, 2.24) is 9.97 Å². The molecule has 2 rings (SSSR count). The van der Waals surface area contributed by atoms with Gasteiger partial charge in [-0.15, -0.1) is 0 Å². The molecule has 0 unspecified atom stereocenters. The van der Waals surface area contributed by atoms with Crippen molar-refractivity contribution in [3.8, 4) is 5.75 Å². The fourth-order valence-electron chi connectivity index (χ4n) is 1.50. The van der Waals surface area contributed by atoms with Gasteiger partial charge in [0, 0.05) is 17.8 Å². The number of anilines is 3. The number of ether oxygens (including phenoxy) is 1. The van der Waals surface area contributed by atoms with Gasteiger partial charge in [-0.05, 0) is 19.1 Å². The Morgan fingerprint density at radius 2 is 2.16 bits per heavy atom. The number of nitrogens with zero attached hydrogens (tertiary/aromatic N) is 2. The van der Waals surface area contributed by atoms with Crippen LogP contribution in [0.4, 0.5) is 21.8 Å². The summed E-state index contributed by atoms with van der Waals surface area (Å²) in [5.41, 5.74) is 5.98. The molecular formula is C12H12ClFN4O. The molecule has 0 saturated carbocycles. The average molecular weight is 283 g/mol. The van der Waals surface area contributed by atoms with Crippen molar-refractivity contribution in [2.75, 3.05) is 17.7 Å². The standard InChI is InChI=1S/C12H12ClFN4O/c1-2-19-9-4-3-7(5-8(9)14)16-11-6-10(13)17-12(15)18-11/h3-6H,2H2,1H3,(H3,15,16,17,18). The second kappa shape index (κ2) is 5.71. The Bertz CT molecular complexity index is 574. The molecule has 0 aliphatic carbocycles. The second-order valence-corrected chi connectivity index (χ2v) is 4.02. The number of halogens is 2. The first-order valence-corrected chi connectivity index (χ1v) is 5.95. The van der Waals surface area contributed by atoms with E-state index in [1.165, 1.54) is 18.2 Å². The van der Waals surface area contributed by atoms with Crippen molar-refractivity contribution in [3.63, 3.8) is 0 Å². The largest absolute Gasteiger partial charge is 0.491 e. The topological polar surface area (TPSA) is 73.1 Å². The number of nitrogens with one attached hydrogen (secondary N) is 1. The third-order valence-corrected chi connectivity index (χ3v) is 2.41. The van der Waals surface area contributed by atoms with E-state index < -0.39 is 5.82 Å². The number of hydrogen-bond acceptors (Lipinski definition) is 5. The lowest BCUT2D eigenvalue weighted by atomic mass is 10.3. The minimum atomic E-state index is -0.458. The van der Waals surface area contributed by atoms with Crippen LogP contribution in [0.3, 0.4) is 0 Å². The fourth-order valence-corrected chi connectivity index (χ4v) is 1.69. The molecule has 0 aliphatic rings. The Balaban J connectivity index is 2.21. The van der Waals surface area contributed by atoms with Gasteiger partial charge in [-0.2, -0.15) is 4.98 Å². The predicted molar refractivity (Wildman–Crippen MR) is 72.3 cm³/mol. The molecule has 0 saturated heterocycles. The summed E-state index contributed by atoms with van der Waals surface area (Å²) < 4.78 is 18.8. The first kappa shape index (κ1) is 13.4. The van der Waals surface area contributed by atoms with E-state index in [-0.39, 0.29) is 16.9 Å². The van der Waals surface area contributed by atoms with Crippen LogP contribution in [0.5, 0.6) is 5.75 Å². The van der Waals surface area contributed by atoms with Gasteiger partial charge >= 0.3 is 0 Å². The highest BCUT2D eigenvalue weighted by Crippen LogP contribution is 2.24. The highest BCUT2D eigenvalue weighted by molar-refractivity contribution is 6.29. The van der Waals surface area contributed by atoms with Crippen LogP contribution < -0.4 is 15.8 Å². The van der Waals surface area contributed by atoms with E-state index in [1.54, 1.807) is 13.0 Å². The van der Waals surface area contributed by atoms with Gasteiger partial charge in [-0.3, -0.25) is 0 Å². The van der Waals surface area contributed by atoms with Crippen LogP contribution in [0.25, 0.3) is 0 Å². The second-order valence-electron chi connectivity index (χ2n) is 3.64. The SMILES string of the molecule is CCOc1ccc(Nc2cc(Cl)nc(N)n2)cc1F. The molecule has 0 aliphatic heterocycles. The summed E-state index contributed by atoms with van der Waals surface area (Å²) in [5, 5.41) is 3.09. The van der Waals surface area contributed by atoms with Crippen molar-refractivity contribution in [3.05, 3.63) is 35.2 Å².